The summed E-state index contributed by atoms with van der Waals surface area (Å²) in [5, 5.41) is 10.1. The molecule has 1 aliphatic carbocycles. The Kier molecular flexibility index (Phi) is 5.27. The first-order valence-corrected chi connectivity index (χ1v) is 9.88. The molecule has 2 fully saturated rings. The van der Waals surface area contributed by atoms with E-state index in [9.17, 15) is 9.90 Å². The lowest BCUT2D eigenvalue weighted by molar-refractivity contribution is -0.157. The third-order valence-corrected chi connectivity index (χ3v) is 8.09. The average molecular weight is 333 g/mol. The molecular weight excluding hydrogens is 304 g/mol. The van der Waals surface area contributed by atoms with Gasteiger partial charge in [-0.25, -0.2) is 0 Å². The zero-order valence-electron chi connectivity index (χ0n) is 13.7. The smallest absolute Gasteiger partial charge is 0.310 e. The van der Waals surface area contributed by atoms with Crippen molar-refractivity contribution in [2.75, 3.05) is 11.5 Å². The first-order valence-electron chi connectivity index (χ1n) is 7.90. The lowest BCUT2D eigenvalue weighted by atomic mass is 10.1. The van der Waals surface area contributed by atoms with Gasteiger partial charge >= 0.3 is 5.97 Å². The second kappa shape index (κ2) is 6.32. The van der Waals surface area contributed by atoms with Crippen LogP contribution in [0.5, 0.6) is 0 Å². The molecule has 0 bridgehead atoms. The predicted octanol–water partition coefficient (Wildman–Crippen LogP) is 3.55. The molecule has 5 heteroatoms. The zero-order valence-corrected chi connectivity index (χ0v) is 15.4. The van der Waals surface area contributed by atoms with Crippen molar-refractivity contribution in [3.63, 3.8) is 0 Å². The summed E-state index contributed by atoms with van der Waals surface area (Å²) in [6.45, 7) is 9.72. The molecule has 21 heavy (non-hydrogen) atoms. The van der Waals surface area contributed by atoms with Crippen LogP contribution in [-0.2, 0) is 9.53 Å². The van der Waals surface area contributed by atoms with Crippen LogP contribution in [0.4, 0.5) is 0 Å². The fraction of sp³-hybridized carbons (Fsp3) is 0.938. The van der Waals surface area contributed by atoms with Gasteiger partial charge in [0.2, 0.25) is 0 Å². The molecule has 1 N–H and O–H groups in total. The Morgan fingerprint density at radius 3 is 2.38 bits per heavy atom. The van der Waals surface area contributed by atoms with Gasteiger partial charge in [0, 0.05) is 11.8 Å². The number of esters is 1. The highest BCUT2D eigenvalue weighted by atomic mass is 32.2. The molecule has 0 radical (unpaired) electrons. The van der Waals surface area contributed by atoms with Gasteiger partial charge in [0.25, 0.3) is 0 Å². The minimum Gasteiger partial charge on any atom is -0.460 e. The molecule has 0 aromatic heterocycles. The number of thioether (sulfide) groups is 2. The Labute approximate surface area is 137 Å². The summed E-state index contributed by atoms with van der Waals surface area (Å²) in [5.74, 6) is 2.35. The maximum absolute atomic E-state index is 12.5. The fourth-order valence-corrected chi connectivity index (χ4v) is 7.08. The molecule has 1 aliphatic heterocycles. The molecule has 1 unspecified atom stereocenters. The van der Waals surface area contributed by atoms with Crippen LogP contribution in [0.15, 0.2) is 0 Å². The Bertz CT molecular complexity index is 383. The Morgan fingerprint density at radius 1 is 1.38 bits per heavy atom. The molecule has 122 valence electrons. The summed E-state index contributed by atoms with van der Waals surface area (Å²) in [7, 11) is 0. The Hall–Kier alpha value is 0.130. The zero-order chi connectivity index (χ0) is 15.8. The molecule has 1 saturated carbocycles. The van der Waals surface area contributed by atoms with Crippen LogP contribution in [0.2, 0.25) is 0 Å². The van der Waals surface area contributed by atoms with E-state index < -0.39 is 11.7 Å². The minimum absolute atomic E-state index is 0.0536. The third kappa shape index (κ3) is 3.73. The van der Waals surface area contributed by atoms with E-state index >= 15 is 0 Å². The van der Waals surface area contributed by atoms with E-state index in [1.807, 2.05) is 51.2 Å². The second-order valence-corrected chi connectivity index (χ2v) is 10.2. The van der Waals surface area contributed by atoms with Gasteiger partial charge in [-0.2, -0.15) is 0 Å². The topological polar surface area (TPSA) is 46.5 Å². The summed E-state index contributed by atoms with van der Waals surface area (Å²) < 4.78 is 5.67. The third-order valence-electron chi connectivity index (χ3n) is 4.29. The van der Waals surface area contributed by atoms with Gasteiger partial charge in [-0.15, -0.1) is 23.5 Å². The Balaban J connectivity index is 2.15. The molecular formula is C16H28O3S2. The van der Waals surface area contributed by atoms with E-state index in [1.165, 1.54) is 6.42 Å². The monoisotopic (exact) mass is 332 g/mol. The van der Waals surface area contributed by atoms with Crippen LogP contribution in [0.1, 0.15) is 47.5 Å². The van der Waals surface area contributed by atoms with E-state index in [0.717, 1.165) is 17.9 Å². The normalized spacial score (nSPS) is 33.3. The molecule has 0 amide bonds. The van der Waals surface area contributed by atoms with Crippen LogP contribution in [0, 0.1) is 17.8 Å². The molecule has 1 saturated heterocycles. The van der Waals surface area contributed by atoms with Crippen molar-refractivity contribution in [1.82, 2.24) is 0 Å². The largest absolute Gasteiger partial charge is 0.460 e. The van der Waals surface area contributed by atoms with Gasteiger partial charge in [-0.05, 0) is 52.0 Å². The van der Waals surface area contributed by atoms with E-state index in [-0.39, 0.29) is 27.8 Å². The van der Waals surface area contributed by atoms with Crippen LogP contribution in [0.25, 0.3) is 0 Å². The van der Waals surface area contributed by atoms with Gasteiger partial charge in [0.05, 0.1) is 16.1 Å². The quantitative estimate of drug-likeness (QED) is 0.798. The summed E-state index contributed by atoms with van der Waals surface area (Å²) in [6.07, 6.45) is 1.83. The minimum atomic E-state index is -0.459. The van der Waals surface area contributed by atoms with Crippen molar-refractivity contribution in [1.29, 1.82) is 0 Å². The van der Waals surface area contributed by atoms with Gasteiger partial charge in [0.15, 0.2) is 0 Å². The van der Waals surface area contributed by atoms with Crippen LogP contribution < -0.4 is 0 Å². The number of ether oxygens (including phenoxy) is 1. The van der Waals surface area contributed by atoms with Gasteiger partial charge in [-0.3, -0.25) is 4.79 Å². The number of aliphatic hydroxyl groups is 1. The van der Waals surface area contributed by atoms with E-state index in [2.05, 4.69) is 6.92 Å². The molecule has 2 aliphatic rings. The van der Waals surface area contributed by atoms with E-state index in [1.54, 1.807) is 0 Å². The average Bonchev–Trinajstić information content (AvgIpc) is 3.14. The first kappa shape index (κ1) is 17.5. The molecule has 0 aromatic rings. The fourth-order valence-electron chi connectivity index (χ4n) is 3.40. The standard InChI is InChI=1S/C16H28O3S2/c1-6-16(20-8-7-9-21-16)13-11(10(2)17)12(13)14(18)19-15(3,4)5/h10-13,17H,6-9H2,1-5H3/t10?,11-,12+,13+/m1/s1. The van der Waals surface area contributed by atoms with E-state index in [4.69, 9.17) is 4.74 Å². The van der Waals surface area contributed by atoms with Crippen molar-refractivity contribution in [2.24, 2.45) is 17.8 Å². The van der Waals surface area contributed by atoms with Crippen molar-refractivity contribution < 1.29 is 14.6 Å². The highest BCUT2D eigenvalue weighted by molar-refractivity contribution is 8.18. The van der Waals surface area contributed by atoms with Gasteiger partial charge in [0.1, 0.15) is 5.60 Å². The molecule has 4 atom stereocenters. The molecule has 2 rings (SSSR count). The lowest BCUT2D eigenvalue weighted by Gasteiger charge is -2.36. The number of rotatable bonds is 4. The van der Waals surface area contributed by atoms with Crippen molar-refractivity contribution in [3.8, 4) is 0 Å². The Morgan fingerprint density at radius 2 is 1.95 bits per heavy atom. The molecule has 1 heterocycles. The molecule has 0 aromatic carbocycles. The van der Waals surface area contributed by atoms with Crippen molar-refractivity contribution in [2.45, 2.75) is 63.2 Å². The molecule has 0 spiro atoms. The van der Waals surface area contributed by atoms with E-state index in [0.29, 0.717) is 0 Å². The second-order valence-electron chi connectivity index (χ2n) is 7.12. The number of carbonyl (C=O) groups is 1. The summed E-state index contributed by atoms with van der Waals surface area (Å²) in [5.41, 5.74) is -0.459. The summed E-state index contributed by atoms with van der Waals surface area (Å²) in [4.78, 5) is 12.5. The highest BCUT2D eigenvalue weighted by Gasteiger charge is 2.66. The lowest BCUT2D eigenvalue weighted by Crippen LogP contribution is -2.31. The number of hydrogen-bond donors (Lipinski definition) is 1. The van der Waals surface area contributed by atoms with Gasteiger partial charge < -0.3 is 9.84 Å². The van der Waals surface area contributed by atoms with Crippen molar-refractivity contribution >= 4 is 29.5 Å². The summed E-state index contributed by atoms with van der Waals surface area (Å²) >= 11 is 3.97. The maximum atomic E-state index is 12.5. The number of aliphatic hydroxyl groups excluding tert-OH is 1. The van der Waals surface area contributed by atoms with Crippen LogP contribution >= 0.6 is 23.5 Å². The highest BCUT2D eigenvalue weighted by Crippen LogP contribution is 2.65. The van der Waals surface area contributed by atoms with Gasteiger partial charge in [-0.1, -0.05) is 6.92 Å². The SMILES string of the molecule is CCC1([C@@H]2[C@@H](C(=O)OC(C)(C)C)[C@H]2C(C)O)SCCCS1. The number of carbonyl (C=O) groups excluding carboxylic acids is 1. The first-order chi connectivity index (χ1) is 9.72. The van der Waals surface area contributed by atoms with Crippen molar-refractivity contribution in [3.05, 3.63) is 0 Å². The maximum Gasteiger partial charge on any atom is 0.310 e. The summed E-state index contributed by atoms with van der Waals surface area (Å²) in [6, 6.07) is 0. The predicted molar refractivity (Wildman–Crippen MR) is 90.6 cm³/mol. The van der Waals surface area contributed by atoms with Crippen LogP contribution in [-0.4, -0.2) is 38.4 Å². The van der Waals surface area contributed by atoms with Crippen LogP contribution in [0.3, 0.4) is 0 Å². The molecule has 3 nitrogen and oxygen atoms in total. The number of hydrogen-bond acceptors (Lipinski definition) is 5.